The van der Waals surface area contributed by atoms with Crippen LogP contribution in [0.4, 0.5) is 0 Å². The first-order valence-electron chi connectivity index (χ1n) is 17.5. The summed E-state index contributed by atoms with van der Waals surface area (Å²) in [4.78, 5) is 27.2. The molecular weight excluding hydrogens is 739 g/mol. The van der Waals surface area contributed by atoms with Crippen LogP contribution in [0.15, 0.2) is 126 Å². The van der Waals surface area contributed by atoms with Crippen LogP contribution in [0.1, 0.15) is 51.1 Å². The third-order valence-electron chi connectivity index (χ3n) is 8.73. The van der Waals surface area contributed by atoms with Gasteiger partial charge in [0.25, 0.3) is 5.91 Å². The molecule has 0 spiro atoms. The Labute approximate surface area is 328 Å². The van der Waals surface area contributed by atoms with Crippen molar-refractivity contribution in [3.8, 4) is 22.5 Å². The Hall–Kier alpha value is -5.75. The van der Waals surface area contributed by atoms with Crippen LogP contribution in [0, 0.1) is 0 Å². The van der Waals surface area contributed by atoms with Gasteiger partial charge in [-0.1, -0.05) is 113 Å². The molecule has 1 amide bonds. The van der Waals surface area contributed by atoms with Crippen LogP contribution < -0.4 is 5.32 Å². The van der Waals surface area contributed by atoms with Crippen molar-refractivity contribution in [3.63, 3.8) is 0 Å². The van der Waals surface area contributed by atoms with Crippen molar-refractivity contribution in [2.45, 2.75) is 32.2 Å². The van der Waals surface area contributed by atoms with E-state index < -0.39 is 6.04 Å². The number of ketones is 1. The van der Waals surface area contributed by atoms with Crippen molar-refractivity contribution in [2.75, 3.05) is 26.3 Å². The molecule has 2 aromatic heterocycles. The van der Waals surface area contributed by atoms with Crippen LogP contribution in [-0.2, 0) is 22.7 Å². The zero-order valence-electron chi connectivity index (χ0n) is 30.0. The Balaban J connectivity index is 0.000000188. The Morgan fingerprint density at radius 3 is 1.98 bits per heavy atom. The normalized spacial score (nSPS) is 13.8. The number of rotatable bonds is 14. The molecular formula is C41H38Cl2N8O4. The number of carbonyl (C=O) groups is 2. The number of fused-ring (bicyclic) bond motifs is 1. The predicted molar refractivity (Wildman–Crippen MR) is 212 cm³/mol. The topological polar surface area (TPSA) is 149 Å². The molecule has 1 N–H and O–H groups in total. The van der Waals surface area contributed by atoms with Crippen LogP contribution in [-0.4, -0.2) is 57.6 Å². The quantitative estimate of drug-likeness (QED) is 0.0505. The minimum Gasteiger partial charge on any atom is -0.375 e. The number of azide groups is 1. The smallest absolute Gasteiger partial charge is 0.269 e. The van der Waals surface area contributed by atoms with Gasteiger partial charge in [-0.3, -0.25) is 19.0 Å². The van der Waals surface area contributed by atoms with E-state index in [2.05, 4.69) is 25.5 Å². The first-order valence-corrected chi connectivity index (χ1v) is 18.3. The van der Waals surface area contributed by atoms with Crippen LogP contribution in [0.25, 0.3) is 33.0 Å². The Kier molecular flexibility index (Phi) is 13.5. The minimum atomic E-state index is -0.408. The summed E-state index contributed by atoms with van der Waals surface area (Å²) in [6.07, 6.45) is 0. The maximum atomic E-state index is 12.2. The molecule has 3 heterocycles. The van der Waals surface area contributed by atoms with Crippen LogP contribution >= 0.6 is 23.2 Å². The standard InChI is InChI=1S/C21H20ClN5O2.C20H18ClN3O2/c1-15(28)21-11-20(17-7-9-18(22)10-8-17)25-27(21)19(12-24-26-23)14-29-13-16-5-3-2-4-6-16;21-16-8-6-15(7-9-16)18-10-19-20(25)22-11-17(24(19)23-18)13-26-12-14-4-2-1-3-5-14/h2-11,19H,12-14H2,1H3;1-10,17H,11-13H2,(H,22,25). The fourth-order valence-electron chi connectivity index (χ4n) is 5.92. The van der Waals surface area contributed by atoms with Gasteiger partial charge in [0.1, 0.15) is 11.4 Å². The van der Waals surface area contributed by atoms with E-state index in [0.717, 1.165) is 27.9 Å². The van der Waals surface area contributed by atoms with Gasteiger partial charge in [0, 0.05) is 39.6 Å². The highest BCUT2D eigenvalue weighted by Crippen LogP contribution is 2.26. The van der Waals surface area contributed by atoms with Gasteiger partial charge in [0.05, 0.1) is 56.4 Å². The highest BCUT2D eigenvalue weighted by molar-refractivity contribution is 6.30. The molecule has 55 heavy (non-hydrogen) atoms. The number of benzene rings is 4. The Bertz CT molecular complexity index is 2240. The molecule has 1 aliphatic rings. The maximum absolute atomic E-state index is 12.2. The molecule has 14 heteroatoms. The maximum Gasteiger partial charge on any atom is 0.269 e. The first kappa shape index (κ1) is 39.0. The number of Topliss-reactive ketones (excluding diaryl/α,β-unsaturated/α-hetero) is 1. The number of nitrogens with one attached hydrogen (secondary N) is 1. The van der Waals surface area contributed by atoms with Crippen LogP contribution in [0.2, 0.25) is 10.0 Å². The molecule has 0 radical (unpaired) electrons. The highest BCUT2D eigenvalue weighted by atomic mass is 35.5. The van der Waals surface area contributed by atoms with Gasteiger partial charge in [-0.2, -0.15) is 10.2 Å². The number of halogens is 2. The summed E-state index contributed by atoms with van der Waals surface area (Å²) in [5.41, 5.74) is 15.0. The average molecular weight is 778 g/mol. The molecule has 0 fully saturated rings. The number of amides is 1. The molecule has 0 aliphatic carbocycles. The van der Waals surface area contributed by atoms with Gasteiger partial charge < -0.3 is 14.8 Å². The molecule has 4 aromatic carbocycles. The number of ether oxygens (including phenoxy) is 2. The molecule has 2 atom stereocenters. The Morgan fingerprint density at radius 1 is 0.855 bits per heavy atom. The highest BCUT2D eigenvalue weighted by Gasteiger charge is 2.27. The molecule has 12 nitrogen and oxygen atoms in total. The molecule has 7 rings (SSSR count). The molecule has 0 saturated heterocycles. The van der Waals surface area contributed by atoms with Crippen molar-refractivity contribution >= 4 is 34.9 Å². The van der Waals surface area contributed by atoms with E-state index in [1.165, 1.54) is 6.92 Å². The fourth-order valence-corrected chi connectivity index (χ4v) is 6.18. The van der Waals surface area contributed by atoms with E-state index in [1.807, 2.05) is 103 Å². The second-order valence-corrected chi connectivity index (χ2v) is 13.6. The van der Waals surface area contributed by atoms with E-state index in [-0.39, 0.29) is 30.9 Å². The largest absolute Gasteiger partial charge is 0.375 e. The van der Waals surface area contributed by atoms with Crippen molar-refractivity contribution in [1.29, 1.82) is 0 Å². The molecule has 1 aliphatic heterocycles. The van der Waals surface area contributed by atoms with E-state index in [9.17, 15) is 9.59 Å². The summed E-state index contributed by atoms with van der Waals surface area (Å²) >= 11 is 11.9. The van der Waals surface area contributed by atoms with E-state index in [4.69, 9.17) is 38.2 Å². The van der Waals surface area contributed by atoms with Crippen molar-refractivity contribution in [2.24, 2.45) is 5.11 Å². The lowest BCUT2D eigenvalue weighted by molar-refractivity contribution is 0.0713. The summed E-state index contributed by atoms with van der Waals surface area (Å²) in [6.45, 7) is 3.77. The summed E-state index contributed by atoms with van der Waals surface area (Å²) < 4.78 is 15.0. The molecule has 6 aromatic rings. The lowest BCUT2D eigenvalue weighted by Crippen LogP contribution is -2.41. The third kappa shape index (κ3) is 10.5. The molecule has 0 saturated carbocycles. The third-order valence-corrected chi connectivity index (χ3v) is 9.24. The number of aromatic nitrogens is 4. The zero-order valence-corrected chi connectivity index (χ0v) is 31.5. The Morgan fingerprint density at radius 2 is 1.42 bits per heavy atom. The summed E-state index contributed by atoms with van der Waals surface area (Å²) in [5, 5.41) is 17.1. The first-order chi connectivity index (χ1) is 26.8. The van der Waals surface area contributed by atoms with Gasteiger partial charge in [-0.15, -0.1) is 0 Å². The van der Waals surface area contributed by atoms with Gasteiger partial charge in [-0.25, -0.2) is 0 Å². The predicted octanol–water partition coefficient (Wildman–Crippen LogP) is 9.18. The lowest BCUT2D eigenvalue weighted by Gasteiger charge is -2.24. The lowest BCUT2D eigenvalue weighted by atomic mass is 10.1. The van der Waals surface area contributed by atoms with Crippen LogP contribution in [0.3, 0.4) is 0 Å². The molecule has 280 valence electrons. The van der Waals surface area contributed by atoms with Crippen LogP contribution in [0.5, 0.6) is 0 Å². The summed E-state index contributed by atoms with van der Waals surface area (Å²) in [7, 11) is 0. The van der Waals surface area contributed by atoms with Gasteiger partial charge in [-0.05, 0) is 53.1 Å². The average Bonchev–Trinajstić information content (AvgIpc) is 3.86. The molecule has 0 bridgehead atoms. The van der Waals surface area contributed by atoms with Gasteiger partial charge in [0.15, 0.2) is 5.78 Å². The van der Waals surface area contributed by atoms with E-state index in [1.54, 1.807) is 27.6 Å². The van der Waals surface area contributed by atoms with E-state index in [0.29, 0.717) is 53.5 Å². The summed E-state index contributed by atoms with van der Waals surface area (Å²) in [5.74, 6) is -0.247. The van der Waals surface area contributed by atoms with E-state index >= 15 is 0 Å². The second-order valence-electron chi connectivity index (χ2n) is 12.7. The zero-order chi connectivity index (χ0) is 38.6. The number of hydrogen-bond donors (Lipinski definition) is 1. The SMILES string of the molecule is CC(=O)c1cc(-c2ccc(Cl)cc2)nn1C(CN=[N+]=[N-])COCc1ccccc1.O=C1NCC(COCc2ccccc2)n2nc(-c3ccc(Cl)cc3)cc21. The minimum absolute atomic E-state index is 0.0348. The number of nitrogens with zero attached hydrogens (tertiary/aromatic N) is 7. The van der Waals surface area contributed by atoms with Crippen molar-refractivity contribution in [1.82, 2.24) is 24.9 Å². The van der Waals surface area contributed by atoms with Crippen molar-refractivity contribution in [3.05, 3.63) is 164 Å². The molecule has 2 unspecified atom stereocenters. The number of carbonyl (C=O) groups excluding carboxylic acids is 2. The monoisotopic (exact) mass is 776 g/mol. The summed E-state index contributed by atoms with van der Waals surface area (Å²) in [6, 6.07) is 37.5. The van der Waals surface area contributed by atoms with Gasteiger partial charge >= 0.3 is 0 Å². The second kappa shape index (κ2) is 19.0. The van der Waals surface area contributed by atoms with Crippen molar-refractivity contribution < 1.29 is 19.1 Å². The number of hydrogen-bond acceptors (Lipinski definition) is 7. The fraction of sp³-hybridized carbons (Fsp3) is 0.220. The van der Waals surface area contributed by atoms with Gasteiger partial charge in [0.2, 0.25) is 0 Å².